The minimum Gasteiger partial charge on any atom is -0.317 e. The normalized spacial score (nSPS) is 8.91. The molecule has 0 unspecified atom stereocenters. The van der Waals surface area contributed by atoms with Crippen molar-refractivity contribution in [2.45, 2.75) is 109 Å². The molecule has 0 radical (unpaired) electrons. The summed E-state index contributed by atoms with van der Waals surface area (Å²) in [5.41, 5.74) is 0.522. The summed E-state index contributed by atoms with van der Waals surface area (Å²) < 4.78 is 0. The van der Waals surface area contributed by atoms with Crippen molar-refractivity contribution in [2.75, 3.05) is 13.1 Å². The quantitative estimate of drug-likeness (QED) is 0.383. The highest BCUT2D eigenvalue weighted by Crippen LogP contribution is 2.23. The first-order valence-electron chi connectivity index (χ1n) is 10.0. The number of unbranched alkanes of at least 4 members (excludes halogenated alkanes) is 2. The van der Waals surface area contributed by atoms with Crippen molar-refractivity contribution in [2.24, 2.45) is 11.3 Å². The van der Waals surface area contributed by atoms with Gasteiger partial charge in [0.15, 0.2) is 0 Å². The van der Waals surface area contributed by atoms with Crippen molar-refractivity contribution in [1.29, 1.82) is 0 Å². The summed E-state index contributed by atoms with van der Waals surface area (Å²) in [6.45, 7) is 31.3. The third kappa shape index (κ3) is 89.5. The highest BCUT2D eigenvalue weighted by molar-refractivity contribution is 4.62. The van der Waals surface area contributed by atoms with Crippen molar-refractivity contribution >= 4 is 0 Å². The van der Waals surface area contributed by atoms with E-state index >= 15 is 0 Å². The van der Waals surface area contributed by atoms with E-state index in [2.05, 4.69) is 60.4 Å². The van der Waals surface area contributed by atoms with Crippen LogP contribution in [0.2, 0.25) is 0 Å². The fourth-order valence-corrected chi connectivity index (χ4v) is 1.90. The smallest absolute Gasteiger partial charge is 0.00490 e. The summed E-state index contributed by atoms with van der Waals surface area (Å²) in [6.07, 6.45) is 7.11. The maximum absolute atomic E-state index is 3.36. The van der Waals surface area contributed by atoms with Crippen molar-refractivity contribution in [3.8, 4) is 0 Å². The highest BCUT2D eigenvalue weighted by atomic mass is 14.8. The second-order valence-corrected chi connectivity index (χ2v) is 6.63. The van der Waals surface area contributed by atoms with Gasteiger partial charge in [0.2, 0.25) is 0 Å². The Morgan fingerprint density at radius 3 is 1.52 bits per heavy atom. The van der Waals surface area contributed by atoms with E-state index < -0.39 is 0 Å². The van der Waals surface area contributed by atoms with Crippen LogP contribution in [0.4, 0.5) is 0 Å². The minimum absolute atomic E-state index is 0.522. The predicted octanol–water partition coefficient (Wildman–Crippen LogP) is 8.11. The molecular formula is C22H53N. The second kappa shape index (κ2) is 33.3. The molecule has 146 valence electrons. The van der Waals surface area contributed by atoms with Gasteiger partial charge in [0, 0.05) is 0 Å². The molecule has 0 amide bonds. The molecule has 0 bridgehead atoms. The Morgan fingerprint density at radius 1 is 0.957 bits per heavy atom. The fourth-order valence-electron chi connectivity index (χ4n) is 1.90. The average molecular weight is 332 g/mol. The molecule has 0 spiro atoms. The van der Waals surface area contributed by atoms with E-state index in [1.54, 1.807) is 6.08 Å². The monoisotopic (exact) mass is 331 g/mol. The first-order chi connectivity index (χ1) is 10.7. The highest BCUT2D eigenvalue weighted by Gasteiger charge is 2.11. The van der Waals surface area contributed by atoms with Gasteiger partial charge in [-0.3, -0.25) is 0 Å². The summed E-state index contributed by atoms with van der Waals surface area (Å²) in [7, 11) is 0. The van der Waals surface area contributed by atoms with Gasteiger partial charge in [0.25, 0.3) is 0 Å². The van der Waals surface area contributed by atoms with Gasteiger partial charge in [-0.25, -0.2) is 0 Å². The number of rotatable bonds is 6. The van der Waals surface area contributed by atoms with Crippen LogP contribution < -0.4 is 5.32 Å². The van der Waals surface area contributed by atoms with Crippen molar-refractivity contribution < 1.29 is 0 Å². The molecule has 0 saturated carbocycles. The standard InChI is InChI=1S/C8H18.C7H17N.C3H6.2C2H6/c1-7(2)6-8(3,4)5;1-3-5-6-7-8-4-2;1-3-2;2*1-2/h7H,6H2,1-5H3;8H,3-7H2,1-2H3;3H,1H2,2H3;2*1-2H3. The van der Waals surface area contributed by atoms with Crippen LogP contribution in [0.25, 0.3) is 0 Å². The lowest BCUT2D eigenvalue weighted by molar-refractivity contribution is 0.320. The Kier molecular flexibility index (Phi) is 49.5. The van der Waals surface area contributed by atoms with Crippen molar-refractivity contribution in [3.63, 3.8) is 0 Å². The first kappa shape index (κ1) is 34.1. The van der Waals surface area contributed by atoms with Crippen LogP contribution in [-0.2, 0) is 0 Å². The van der Waals surface area contributed by atoms with E-state index in [-0.39, 0.29) is 0 Å². The first-order valence-corrected chi connectivity index (χ1v) is 10.0. The molecule has 0 atom stereocenters. The van der Waals surface area contributed by atoms with Gasteiger partial charge >= 0.3 is 0 Å². The number of nitrogens with one attached hydrogen (secondary N) is 1. The van der Waals surface area contributed by atoms with E-state index in [4.69, 9.17) is 0 Å². The number of allylic oxidation sites excluding steroid dienone is 1. The maximum Gasteiger partial charge on any atom is -0.00490 e. The van der Waals surface area contributed by atoms with Crippen LogP contribution in [-0.4, -0.2) is 13.1 Å². The largest absolute Gasteiger partial charge is 0.317 e. The molecule has 0 heterocycles. The number of hydrogen-bond acceptors (Lipinski definition) is 1. The molecule has 0 aromatic rings. The van der Waals surface area contributed by atoms with E-state index in [9.17, 15) is 0 Å². The SMILES string of the molecule is C=CC.CC.CC.CC(C)CC(C)(C)C.CCCCCNCC. The van der Waals surface area contributed by atoms with Gasteiger partial charge in [-0.15, -0.1) is 6.58 Å². The molecule has 0 aliphatic carbocycles. The third-order valence-corrected chi connectivity index (χ3v) is 2.23. The summed E-state index contributed by atoms with van der Waals surface area (Å²) >= 11 is 0. The van der Waals surface area contributed by atoms with Crippen LogP contribution >= 0.6 is 0 Å². The zero-order chi connectivity index (χ0) is 19.7. The van der Waals surface area contributed by atoms with Crippen LogP contribution in [0.3, 0.4) is 0 Å². The molecule has 0 fully saturated rings. The van der Waals surface area contributed by atoms with Crippen LogP contribution in [0.15, 0.2) is 12.7 Å². The van der Waals surface area contributed by atoms with Crippen molar-refractivity contribution in [3.05, 3.63) is 12.7 Å². The molecule has 0 aromatic carbocycles. The van der Waals surface area contributed by atoms with Gasteiger partial charge in [-0.2, -0.15) is 0 Å². The molecule has 0 aliphatic heterocycles. The molecule has 23 heavy (non-hydrogen) atoms. The van der Waals surface area contributed by atoms with Gasteiger partial charge in [-0.1, -0.05) is 95.1 Å². The molecule has 1 nitrogen and oxygen atoms in total. The Bertz CT molecular complexity index is 148. The molecular weight excluding hydrogens is 278 g/mol. The van der Waals surface area contributed by atoms with Gasteiger partial charge in [0.1, 0.15) is 0 Å². The van der Waals surface area contributed by atoms with Crippen LogP contribution in [0.5, 0.6) is 0 Å². The molecule has 0 rings (SSSR count). The van der Waals surface area contributed by atoms with Crippen LogP contribution in [0.1, 0.15) is 109 Å². The van der Waals surface area contributed by atoms with E-state index in [0.29, 0.717) is 5.41 Å². The van der Waals surface area contributed by atoms with E-state index in [0.717, 1.165) is 12.5 Å². The molecule has 0 aromatic heterocycles. The average Bonchev–Trinajstić information content (AvgIpc) is 2.47. The number of hydrogen-bond donors (Lipinski definition) is 1. The summed E-state index contributed by atoms with van der Waals surface area (Å²) in [6, 6.07) is 0. The van der Waals surface area contributed by atoms with Gasteiger partial charge in [0.05, 0.1) is 0 Å². The predicted molar refractivity (Wildman–Crippen MR) is 116 cm³/mol. The fraction of sp³-hybridized carbons (Fsp3) is 0.909. The Balaban J connectivity index is -0.0000000677. The Labute approximate surface area is 151 Å². The van der Waals surface area contributed by atoms with Crippen molar-refractivity contribution in [1.82, 2.24) is 5.32 Å². The lowest BCUT2D eigenvalue weighted by Crippen LogP contribution is -2.13. The third-order valence-electron chi connectivity index (χ3n) is 2.23. The topological polar surface area (TPSA) is 12.0 Å². The van der Waals surface area contributed by atoms with E-state index in [1.165, 1.54) is 32.2 Å². The Hall–Kier alpha value is -0.300. The second-order valence-electron chi connectivity index (χ2n) is 6.63. The zero-order valence-corrected chi connectivity index (χ0v) is 19.1. The lowest BCUT2D eigenvalue weighted by atomic mass is 9.86. The van der Waals surface area contributed by atoms with E-state index in [1.807, 2.05) is 34.6 Å². The summed E-state index contributed by atoms with van der Waals surface area (Å²) in [4.78, 5) is 0. The lowest BCUT2D eigenvalue weighted by Gasteiger charge is -2.19. The molecule has 0 aliphatic rings. The van der Waals surface area contributed by atoms with Gasteiger partial charge < -0.3 is 5.32 Å². The minimum atomic E-state index is 0.522. The van der Waals surface area contributed by atoms with Crippen LogP contribution in [0, 0.1) is 11.3 Å². The zero-order valence-electron chi connectivity index (χ0n) is 19.1. The summed E-state index contributed by atoms with van der Waals surface area (Å²) in [5, 5.41) is 3.28. The summed E-state index contributed by atoms with van der Waals surface area (Å²) in [5.74, 6) is 0.843. The Morgan fingerprint density at radius 2 is 1.35 bits per heavy atom. The molecule has 0 saturated heterocycles. The maximum atomic E-state index is 3.36. The molecule has 1 N–H and O–H groups in total. The van der Waals surface area contributed by atoms with Gasteiger partial charge in [-0.05, 0) is 44.2 Å². The molecule has 1 heteroatoms.